The van der Waals surface area contributed by atoms with Crippen LogP contribution in [0.1, 0.15) is 41.2 Å². The fourth-order valence-corrected chi connectivity index (χ4v) is 3.47. The number of anilines is 1. The van der Waals surface area contributed by atoms with Crippen LogP contribution in [0.3, 0.4) is 0 Å². The van der Waals surface area contributed by atoms with Crippen molar-refractivity contribution in [3.63, 3.8) is 0 Å². The Labute approximate surface area is 143 Å². The van der Waals surface area contributed by atoms with E-state index in [0.717, 1.165) is 17.7 Å². The molecule has 0 fully saturated rings. The van der Waals surface area contributed by atoms with Gasteiger partial charge in [0.1, 0.15) is 23.2 Å². The largest absolute Gasteiger partial charge is 0.465 e. The molecule has 0 amide bonds. The molecule has 7 heteroatoms. The maximum atomic E-state index is 13.3. The van der Waals surface area contributed by atoms with E-state index in [1.54, 1.807) is 16.8 Å². The molecule has 128 valence electrons. The topological polar surface area (TPSA) is 73.2 Å². The molecule has 1 N–H and O–H groups in total. The van der Waals surface area contributed by atoms with Crippen molar-refractivity contribution in [3.8, 4) is 0 Å². The number of rotatable bonds is 2. The number of fused-ring (bicyclic) bond motifs is 1. The van der Waals surface area contributed by atoms with Crippen LogP contribution in [-0.2, 0) is 9.53 Å². The predicted molar refractivity (Wildman–Crippen MR) is 87.6 cm³/mol. The van der Waals surface area contributed by atoms with Crippen molar-refractivity contribution in [2.45, 2.75) is 25.3 Å². The first kappa shape index (κ1) is 15.6. The number of hydrogen-bond acceptors (Lipinski definition) is 5. The van der Waals surface area contributed by atoms with Gasteiger partial charge in [0.25, 0.3) is 0 Å². The fourth-order valence-electron chi connectivity index (χ4n) is 3.47. The van der Waals surface area contributed by atoms with Gasteiger partial charge >= 0.3 is 5.97 Å². The summed E-state index contributed by atoms with van der Waals surface area (Å²) in [5.41, 5.74) is 2.47. The molecule has 4 rings (SSSR count). The van der Waals surface area contributed by atoms with E-state index in [-0.39, 0.29) is 11.6 Å². The second kappa shape index (κ2) is 5.84. The number of halogens is 1. The van der Waals surface area contributed by atoms with Gasteiger partial charge in [-0.1, -0.05) is 12.1 Å². The summed E-state index contributed by atoms with van der Waals surface area (Å²) in [5.74, 6) is -0.311. The maximum Gasteiger partial charge on any atom is 0.343 e. The van der Waals surface area contributed by atoms with E-state index in [1.165, 1.54) is 25.4 Å². The Morgan fingerprint density at radius 1 is 1.32 bits per heavy atom. The third kappa shape index (κ3) is 2.43. The summed E-state index contributed by atoms with van der Waals surface area (Å²) in [6.07, 6.45) is 3.36. The van der Waals surface area contributed by atoms with Crippen LogP contribution in [0.2, 0.25) is 0 Å². The summed E-state index contributed by atoms with van der Waals surface area (Å²) in [7, 11) is 1.31. The zero-order valence-electron chi connectivity index (χ0n) is 13.6. The molecule has 0 unspecified atom stereocenters. The first-order valence-electron chi connectivity index (χ1n) is 8.04. The molecule has 1 atom stereocenters. The van der Waals surface area contributed by atoms with Crippen LogP contribution >= 0.6 is 0 Å². The van der Waals surface area contributed by atoms with Crippen LogP contribution < -0.4 is 5.32 Å². The molecule has 1 aromatic heterocycles. The number of esters is 1. The lowest BCUT2D eigenvalue weighted by Gasteiger charge is -2.33. The second-order valence-electron chi connectivity index (χ2n) is 6.09. The number of methoxy groups -OCH3 is 1. The van der Waals surface area contributed by atoms with Crippen molar-refractivity contribution in [3.05, 3.63) is 58.7 Å². The van der Waals surface area contributed by atoms with Gasteiger partial charge in [-0.3, -0.25) is 4.79 Å². The average Bonchev–Trinajstić information content (AvgIpc) is 3.04. The molecule has 1 aromatic carbocycles. The molecule has 1 aliphatic carbocycles. The number of Topliss-reactive ketones (excluding diaryl/α,β-unsaturated/α-hetero) is 1. The lowest BCUT2D eigenvalue weighted by molar-refractivity contribution is -0.116. The Morgan fingerprint density at radius 3 is 2.80 bits per heavy atom. The van der Waals surface area contributed by atoms with Crippen molar-refractivity contribution < 1.29 is 18.7 Å². The number of benzene rings is 1. The van der Waals surface area contributed by atoms with Crippen LogP contribution in [-0.4, -0.2) is 28.6 Å². The predicted octanol–water partition coefficient (Wildman–Crippen LogP) is 2.83. The van der Waals surface area contributed by atoms with Gasteiger partial charge in [0, 0.05) is 17.7 Å². The van der Waals surface area contributed by atoms with Crippen molar-refractivity contribution >= 4 is 17.6 Å². The first-order valence-corrected chi connectivity index (χ1v) is 8.04. The van der Waals surface area contributed by atoms with Gasteiger partial charge in [-0.05, 0) is 30.5 Å². The van der Waals surface area contributed by atoms with Crippen LogP contribution in [0.5, 0.6) is 0 Å². The van der Waals surface area contributed by atoms with Crippen molar-refractivity contribution in [2.24, 2.45) is 0 Å². The van der Waals surface area contributed by atoms with Gasteiger partial charge in [-0.2, -0.15) is 5.10 Å². The van der Waals surface area contributed by atoms with Gasteiger partial charge in [0.15, 0.2) is 5.78 Å². The number of nitrogens with one attached hydrogen (secondary N) is 1. The van der Waals surface area contributed by atoms with Gasteiger partial charge in [0.05, 0.1) is 13.3 Å². The number of nitrogens with zero attached hydrogens (tertiary/aromatic N) is 2. The molecule has 6 nitrogen and oxygen atoms in total. The summed E-state index contributed by atoms with van der Waals surface area (Å²) >= 11 is 0. The van der Waals surface area contributed by atoms with Gasteiger partial charge < -0.3 is 10.1 Å². The minimum Gasteiger partial charge on any atom is -0.465 e. The number of carbonyl (C=O) groups is 2. The van der Waals surface area contributed by atoms with E-state index in [0.29, 0.717) is 29.8 Å². The summed E-state index contributed by atoms with van der Waals surface area (Å²) in [6.45, 7) is 0. The SMILES string of the molecule is COC(=O)c1cnn2c1NC1=C(C(=O)CCC1)[C@@H]2c1ccc(F)cc1. The second-order valence-corrected chi connectivity index (χ2v) is 6.09. The highest BCUT2D eigenvalue weighted by molar-refractivity contribution is 6.01. The molecular formula is C18H16FN3O3. The highest BCUT2D eigenvalue weighted by atomic mass is 19.1. The van der Waals surface area contributed by atoms with E-state index < -0.39 is 12.0 Å². The fraction of sp³-hybridized carbons (Fsp3) is 0.278. The molecule has 0 spiro atoms. The van der Waals surface area contributed by atoms with Crippen LogP contribution in [0, 0.1) is 5.82 Å². The Hall–Kier alpha value is -2.96. The van der Waals surface area contributed by atoms with Crippen LogP contribution in [0.15, 0.2) is 41.7 Å². The average molecular weight is 341 g/mol. The first-order chi connectivity index (χ1) is 12.1. The molecule has 2 heterocycles. The van der Waals surface area contributed by atoms with Gasteiger partial charge in [-0.15, -0.1) is 0 Å². The highest BCUT2D eigenvalue weighted by Gasteiger charge is 2.37. The number of ketones is 1. The van der Waals surface area contributed by atoms with Crippen molar-refractivity contribution in [1.82, 2.24) is 9.78 Å². The summed E-state index contributed by atoms with van der Waals surface area (Å²) in [6, 6.07) is 5.50. The third-order valence-corrected chi connectivity index (χ3v) is 4.63. The monoisotopic (exact) mass is 341 g/mol. The smallest absolute Gasteiger partial charge is 0.343 e. The lowest BCUT2D eigenvalue weighted by atomic mass is 9.85. The maximum absolute atomic E-state index is 13.3. The van der Waals surface area contributed by atoms with E-state index in [9.17, 15) is 14.0 Å². The van der Waals surface area contributed by atoms with Crippen molar-refractivity contribution in [1.29, 1.82) is 0 Å². The molecule has 0 radical (unpaired) electrons. The Kier molecular flexibility index (Phi) is 3.63. The Morgan fingerprint density at radius 2 is 2.08 bits per heavy atom. The van der Waals surface area contributed by atoms with E-state index in [4.69, 9.17) is 4.74 Å². The Bertz CT molecular complexity index is 899. The van der Waals surface area contributed by atoms with Crippen LogP contribution in [0.4, 0.5) is 10.2 Å². The van der Waals surface area contributed by atoms with Gasteiger partial charge in [0.2, 0.25) is 0 Å². The number of ether oxygens (including phenoxy) is 1. The zero-order chi connectivity index (χ0) is 17.6. The number of carbonyl (C=O) groups excluding carboxylic acids is 2. The standard InChI is InChI=1S/C18H16FN3O3/c1-25-18(24)12-9-20-22-16(10-5-7-11(19)8-6-10)15-13(21-17(12)22)3-2-4-14(15)23/h5-9,16,21H,2-4H2,1H3/t16-/m0/s1. The Balaban J connectivity index is 1.91. The third-order valence-electron chi connectivity index (χ3n) is 4.63. The summed E-state index contributed by atoms with van der Waals surface area (Å²) < 4.78 is 19.7. The minimum atomic E-state index is -0.502. The summed E-state index contributed by atoms with van der Waals surface area (Å²) in [5, 5.41) is 7.49. The highest BCUT2D eigenvalue weighted by Crippen LogP contribution is 2.41. The molecule has 25 heavy (non-hydrogen) atoms. The minimum absolute atomic E-state index is 0.0452. The van der Waals surface area contributed by atoms with E-state index in [2.05, 4.69) is 10.4 Å². The molecule has 1 aliphatic heterocycles. The van der Waals surface area contributed by atoms with Crippen molar-refractivity contribution in [2.75, 3.05) is 12.4 Å². The molecule has 0 saturated heterocycles. The lowest BCUT2D eigenvalue weighted by Crippen LogP contribution is -2.31. The molecule has 0 saturated carbocycles. The van der Waals surface area contributed by atoms with Crippen LogP contribution in [0.25, 0.3) is 0 Å². The molecular weight excluding hydrogens is 325 g/mol. The zero-order valence-corrected chi connectivity index (χ0v) is 13.6. The number of aromatic nitrogens is 2. The number of allylic oxidation sites excluding steroid dienone is 2. The van der Waals surface area contributed by atoms with Gasteiger partial charge in [-0.25, -0.2) is 13.9 Å². The molecule has 2 aliphatic rings. The quantitative estimate of drug-likeness (QED) is 0.851. The number of hydrogen-bond donors (Lipinski definition) is 1. The molecule has 2 aromatic rings. The van der Waals surface area contributed by atoms with E-state index >= 15 is 0 Å². The summed E-state index contributed by atoms with van der Waals surface area (Å²) in [4.78, 5) is 24.6. The molecule has 0 bridgehead atoms. The van der Waals surface area contributed by atoms with E-state index in [1.807, 2.05) is 0 Å². The normalized spacial score (nSPS) is 19.1.